The molecule has 4 aliphatic rings. The molecule has 1 unspecified atom stereocenters. The van der Waals surface area contributed by atoms with E-state index < -0.39 is 0 Å². The van der Waals surface area contributed by atoms with Crippen molar-refractivity contribution in [3.63, 3.8) is 0 Å². The molecule has 0 bridgehead atoms. The first-order valence-corrected chi connectivity index (χ1v) is 16.2. The van der Waals surface area contributed by atoms with Gasteiger partial charge in [-0.15, -0.1) is 11.3 Å². The van der Waals surface area contributed by atoms with Crippen molar-refractivity contribution in [3.8, 4) is 10.4 Å². The summed E-state index contributed by atoms with van der Waals surface area (Å²) >= 11 is 2.05. The van der Waals surface area contributed by atoms with Crippen molar-refractivity contribution >= 4 is 35.4 Å². The number of aliphatic imine (C=N–C) groups is 1. The number of nitrogens with zero attached hydrogens (tertiary/aromatic N) is 2. The zero-order valence-corrected chi connectivity index (χ0v) is 24.7. The predicted molar refractivity (Wildman–Crippen MR) is 178 cm³/mol. The SMILES string of the molecule is NC1=CCCC=C1C(N=Cn1c2c(c3c1CCc1c-3sc3c1C=CCC3)CCC(c1ccccc1)=C2)c1ccccc1. The van der Waals surface area contributed by atoms with Crippen LogP contribution in [0.15, 0.2) is 95.2 Å². The van der Waals surface area contributed by atoms with Crippen molar-refractivity contribution < 1.29 is 0 Å². The number of benzene rings is 2. The molecule has 42 heavy (non-hydrogen) atoms. The summed E-state index contributed by atoms with van der Waals surface area (Å²) in [5, 5.41) is 0. The minimum absolute atomic E-state index is 0.129. The van der Waals surface area contributed by atoms with E-state index in [1.54, 1.807) is 10.4 Å². The van der Waals surface area contributed by atoms with Crippen LogP contribution in [0.1, 0.15) is 75.8 Å². The molecule has 0 spiro atoms. The van der Waals surface area contributed by atoms with Crippen LogP contribution in [0.2, 0.25) is 0 Å². The van der Waals surface area contributed by atoms with Gasteiger partial charge in [-0.25, -0.2) is 0 Å². The Morgan fingerprint density at radius 2 is 1.62 bits per heavy atom. The Morgan fingerprint density at radius 3 is 2.45 bits per heavy atom. The van der Waals surface area contributed by atoms with E-state index >= 15 is 0 Å². The molecule has 8 rings (SSSR count). The second-order valence-electron chi connectivity index (χ2n) is 11.8. The van der Waals surface area contributed by atoms with Gasteiger partial charge in [0.2, 0.25) is 0 Å². The van der Waals surface area contributed by atoms with Crippen molar-refractivity contribution in [2.45, 2.75) is 57.4 Å². The second kappa shape index (κ2) is 10.6. The van der Waals surface area contributed by atoms with E-state index in [2.05, 4.69) is 102 Å². The number of hydrogen-bond acceptors (Lipinski definition) is 3. The number of aryl methyl sites for hydroxylation is 1. The van der Waals surface area contributed by atoms with Crippen molar-refractivity contribution in [1.29, 1.82) is 0 Å². The molecule has 4 heteroatoms. The van der Waals surface area contributed by atoms with Gasteiger partial charge in [0, 0.05) is 26.7 Å². The number of fused-ring (bicyclic) bond motifs is 7. The lowest BCUT2D eigenvalue weighted by Crippen LogP contribution is -2.14. The lowest BCUT2D eigenvalue weighted by Gasteiger charge is -2.21. The maximum atomic E-state index is 6.57. The van der Waals surface area contributed by atoms with Crippen molar-refractivity contribution in [3.05, 3.63) is 134 Å². The molecule has 4 aromatic rings. The summed E-state index contributed by atoms with van der Waals surface area (Å²) in [5.74, 6) is 0. The largest absolute Gasteiger partial charge is 0.399 e. The zero-order valence-electron chi connectivity index (χ0n) is 23.9. The minimum atomic E-state index is -0.129. The monoisotopic (exact) mass is 565 g/mol. The molecule has 0 aliphatic heterocycles. The van der Waals surface area contributed by atoms with E-state index in [0.717, 1.165) is 56.2 Å². The normalized spacial score (nSPS) is 18.0. The molecule has 2 aromatic heterocycles. The van der Waals surface area contributed by atoms with Crippen molar-refractivity contribution in [2.24, 2.45) is 10.7 Å². The first kappa shape index (κ1) is 25.6. The van der Waals surface area contributed by atoms with Crippen LogP contribution >= 0.6 is 11.3 Å². The van der Waals surface area contributed by atoms with E-state index in [9.17, 15) is 0 Å². The van der Waals surface area contributed by atoms with Crippen LogP contribution in [-0.4, -0.2) is 10.9 Å². The summed E-state index contributed by atoms with van der Waals surface area (Å²) in [5.41, 5.74) is 21.2. The highest BCUT2D eigenvalue weighted by Crippen LogP contribution is 2.49. The van der Waals surface area contributed by atoms with Crippen molar-refractivity contribution in [2.75, 3.05) is 0 Å². The molecule has 0 radical (unpaired) electrons. The quantitative estimate of drug-likeness (QED) is 0.190. The van der Waals surface area contributed by atoms with Crippen LogP contribution in [-0.2, 0) is 25.7 Å². The fourth-order valence-electron chi connectivity index (χ4n) is 7.26. The molecular weight excluding hydrogens is 531 g/mol. The molecule has 208 valence electrons. The van der Waals surface area contributed by atoms with Gasteiger partial charge in [0.25, 0.3) is 0 Å². The Labute approximate surface area is 252 Å². The fourth-order valence-corrected chi connectivity index (χ4v) is 8.71. The molecule has 1 atom stereocenters. The topological polar surface area (TPSA) is 43.3 Å². The molecule has 0 amide bonds. The molecule has 0 saturated carbocycles. The highest BCUT2D eigenvalue weighted by molar-refractivity contribution is 7.16. The first-order valence-electron chi connectivity index (χ1n) is 15.3. The van der Waals surface area contributed by atoms with Gasteiger partial charge in [0.1, 0.15) is 6.04 Å². The summed E-state index contributed by atoms with van der Waals surface area (Å²) < 4.78 is 2.43. The van der Waals surface area contributed by atoms with Crippen LogP contribution in [0.4, 0.5) is 0 Å². The Balaban J connectivity index is 1.31. The molecule has 4 aliphatic carbocycles. The molecule has 2 aromatic carbocycles. The molecular formula is C38H35N3S. The number of allylic oxidation sites excluding steroid dienone is 4. The summed E-state index contributed by atoms with van der Waals surface area (Å²) in [7, 11) is 0. The number of hydrogen-bond donors (Lipinski definition) is 1. The van der Waals surface area contributed by atoms with Gasteiger partial charge in [-0.2, -0.15) is 0 Å². The zero-order chi connectivity index (χ0) is 28.0. The predicted octanol–water partition coefficient (Wildman–Crippen LogP) is 8.94. The van der Waals surface area contributed by atoms with E-state index in [4.69, 9.17) is 10.7 Å². The van der Waals surface area contributed by atoms with Gasteiger partial charge < -0.3 is 10.3 Å². The highest BCUT2D eigenvalue weighted by Gasteiger charge is 2.32. The molecule has 0 saturated heterocycles. The molecule has 2 N–H and O–H groups in total. The molecule has 2 heterocycles. The summed E-state index contributed by atoms with van der Waals surface area (Å²) in [4.78, 5) is 8.43. The second-order valence-corrected chi connectivity index (χ2v) is 12.9. The fraction of sp³-hybridized carbons (Fsp3) is 0.237. The van der Waals surface area contributed by atoms with Crippen LogP contribution in [0.5, 0.6) is 0 Å². The Hall–Kier alpha value is -4.15. The minimum Gasteiger partial charge on any atom is -0.399 e. The van der Waals surface area contributed by atoms with Gasteiger partial charge >= 0.3 is 0 Å². The number of rotatable bonds is 5. The van der Waals surface area contributed by atoms with E-state index in [1.165, 1.54) is 56.1 Å². The van der Waals surface area contributed by atoms with Gasteiger partial charge in [-0.3, -0.25) is 4.99 Å². The smallest absolute Gasteiger partial charge is 0.103 e. The van der Waals surface area contributed by atoms with Gasteiger partial charge in [0.15, 0.2) is 0 Å². The average molecular weight is 566 g/mol. The van der Waals surface area contributed by atoms with Gasteiger partial charge in [0.05, 0.1) is 12.0 Å². The molecule has 0 fully saturated rings. The lowest BCUT2D eigenvalue weighted by molar-refractivity contribution is 0.810. The van der Waals surface area contributed by atoms with Crippen LogP contribution in [0, 0.1) is 0 Å². The Morgan fingerprint density at radius 1 is 0.833 bits per heavy atom. The van der Waals surface area contributed by atoms with E-state index in [-0.39, 0.29) is 6.04 Å². The number of nitrogens with two attached hydrogens (primary N) is 1. The summed E-state index contributed by atoms with van der Waals surface area (Å²) in [6.45, 7) is 0. The van der Waals surface area contributed by atoms with Gasteiger partial charge in [-0.05, 0) is 96.4 Å². The number of aromatic nitrogens is 1. The maximum Gasteiger partial charge on any atom is 0.103 e. The summed E-state index contributed by atoms with van der Waals surface area (Å²) in [6.07, 6.45) is 22.3. The third kappa shape index (κ3) is 4.28. The maximum absolute atomic E-state index is 6.57. The first-order chi connectivity index (χ1) is 20.8. The van der Waals surface area contributed by atoms with Crippen LogP contribution < -0.4 is 5.73 Å². The van der Waals surface area contributed by atoms with E-state index in [0.29, 0.717) is 0 Å². The third-order valence-electron chi connectivity index (χ3n) is 9.31. The number of thiophene rings is 1. The van der Waals surface area contributed by atoms with Crippen molar-refractivity contribution in [1.82, 2.24) is 4.57 Å². The summed E-state index contributed by atoms with van der Waals surface area (Å²) in [6, 6.07) is 21.4. The standard InChI is InChI=1S/C38H35N3S/c39-32-17-9-7-16-30(32)37(26-13-5-2-6-14-26)40-24-41-33-22-21-29-28-15-8-10-18-35(28)42-38(29)36(33)31-20-19-27(23-34(31)41)25-11-3-1-4-12-25/h1-6,8,11-17,23-24,37H,7,9-10,18-22,39H2. The third-order valence-corrected chi connectivity index (χ3v) is 10.6. The Bertz CT molecular complexity index is 1830. The molecule has 3 nitrogen and oxygen atoms in total. The van der Waals surface area contributed by atoms with Crippen LogP contribution in [0.3, 0.4) is 0 Å². The average Bonchev–Trinajstić information content (AvgIpc) is 3.58. The van der Waals surface area contributed by atoms with Crippen LogP contribution in [0.25, 0.3) is 28.2 Å². The Kier molecular flexibility index (Phi) is 6.45. The highest BCUT2D eigenvalue weighted by atomic mass is 32.1. The van der Waals surface area contributed by atoms with Gasteiger partial charge in [-0.1, -0.05) is 85.0 Å². The van der Waals surface area contributed by atoms with E-state index in [1.807, 2.05) is 11.3 Å². The lowest BCUT2D eigenvalue weighted by atomic mass is 9.86.